The zero-order valence-corrected chi connectivity index (χ0v) is 13.8. The van der Waals surface area contributed by atoms with Crippen LogP contribution in [0.5, 0.6) is 0 Å². The van der Waals surface area contributed by atoms with E-state index in [-0.39, 0.29) is 0 Å². The molecule has 3 N–H and O–H groups in total. The topological polar surface area (TPSA) is 53.6 Å². The summed E-state index contributed by atoms with van der Waals surface area (Å²) in [6, 6.07) is 0.558. The Kier molecular flexibility index (Phi) is 7.34. The van der Waals surface area contributed by atoms with Gasteiger partial charge in [0, 0.05) is 12.6 Å². The van der Waals surface area contributed by atoms with Crippen LogP contribution in [0.4, 0.5) is 0 Å². The van der Waals surface area contributed by atoms with Crippen molar-refractivity contribution >= 4 is 5.96 Å². The van der Waals surface area contributed by atoms with Crippen molar-refractivity contribution in [3.05, 3.63) is 0 Å². The Hall–Kier alpha value is -0.770. The van der Waals surface area contributed by atoms with Gasteiger partial charge in [-0.05, 0) is 57.7 Å². The number of rotatable bonds is 5. The molecule has 0 aromatic carbocycles. The Bertz CT molecular complexity index is 300. The van der Waals surface area contributed by atoms with Gasteiger partial charge in [-0.2, -0.15) is 0 Å². The van der Waals surface area contributed by atoms with E-state index in [1.807, 2.05) is 0 Å². The highest BCUT2D eigenvalue weighted by molar-refractivity contribution is 5.78. The number of guanidine groups is 1. The molecule has 0 aromatic rings. The van der Waals surface area contributed by atoms with Gasteiger partial charge >= 0.3 is 0 Å². The predicted octanol–water partition coefficient (Wildman–Crippen LogP) is 2.74. The predicted molar refractivity (Wildman–Crippen MR) is 90.6 cm³/mol. The third-order valence-corrected chi connectivity index (χ3v) is 4.97. The summed E-state index contributed by atoms with van der Waals surface area (Å²) in [5.74, 6) is 1.41. The molecule has 2 fully saturated rings. The first-order chi connectivity index (χ1) is 10.3. The average molecular weight is 294 g/mol. The molecule has 4 nitrogen and oxygen atoms in total. The van der Waals surface area contributed by atoms with Crippen LogP contribution in [0, 0.1) is 5.92 Å². The van der Waals surface area contributed by atoms with E-state index in [9.17, 15) is 0 Å². The van der Waals surface area contributed by atoms with Crippen LogP contribution < -0.4 is 11.1 Å². The summed E-state index contributed by atoms with van der Waals surface area (Å²) in [6.45, 7) is 6.90. The smallest absolute Gasteiger partial charge is 0.188 e. The molecule has 0 bridgehead atoms. The second-order valence-electron chi connectivity index (χ2n) is 6.84. The minimum atomic E-state index is 0.558. The number of aliphatic imine (C=N–C) groups is 1. The summed E-state index contributed by atoms with van der Waals surface area (Å²) in [5, 5.41) is 3.44. The minimum Gasteiger partial charge on any atom is -0.370 e. The molecular weight excluding hydrogens is 260 g/mol. The van der Waals surface area contributed by atoms with Crippen LogP contribution in [0.25, 0.3) is 0 Å². The van der Waals surface area contributed by atoms with Gasteiger partial charge in [-0.15, -0.1) is 0 Å². The Balaban J connectivity index is 1.66. The molecule has 0 atom stereocenters. The zero-order valence-electron chi connectivity index (χ0n) is 13.8. The molecule has 1 aliphatic carbocycles. The van der Waals surface area contributed by atoms with Crippen molar-refractivity contribution in [2.24, 2.45) is 16.6 Å². The maximum Gasteiger partial charge on any atom is 0.188 e. The summed E-state index contributed by atoms with van der Waals surface area (Å²) < 4.78 is 0. The van der Waals surface area contributed by atoms with Crippen molar-refractivity contribution in [2.45, 2.75) is 70.8 Å². The SMILES string of the molecule is CCCN1CCC(CN=C(N)NC2CCCCCC2)CC1. The molecule has 2 aliphatic rings. The monoisotopic (exact) mass is 294 g/mol. The van der Waals surface area contributed by atoms with Crippen LogP contribution in [-0.2, 0) is 0 Å². The van der Waals surface area contributed by atoms with E-state index < -0.39 is 0 Å². The first-order valence-electron chi connectivity index (χ1n) is 9.06. The van der Waals surface area contributed by atoms with Gasteiger partial charge in [-0.3, -0.25) is 4.99 Å². The molecular formula is C17H34N4. The standard InChI is InChI=1S/C17H34N4/c1-2-11-21-12-9-15(10-13-21)14-19-17(18)20-16-7-5-3-4-6-8-16/h15-16H,2-14H2,1H3,(H3,18,19,20). The third-order valence-electron chi connectivity index (χ3n) is 4.97. The lowest BCUT2D eigenvalue weighted by Crippen LogP contribution is -2.40. The Labute approximate surface area is 130 Å². The fraction of sp³-hybridized carbons (Fsp3) is 0.941. The molecule has 0 aromatic heterocycles. The molecule has 4 heteroatoms. The first-order valence-corrected chi connectivity index (χ1v) is 9.06. The number of piperidine rings is 1. The maximum atomic E-state index is 6.08. The highest BCUT2D eigenvalue weighted by atomic mass is 15.1. The van der Waals surface area contributed by atoms with E-state index >= 15 is 0 Å². The van der Waals surface area contributed by atoms with E-state index in [0.717, 1.165) is 12.5 Å². The second-order valence-corrected chi connectivity index (χ2v) is 6.84. The molecule has 2 rings (SSSR count). The largest absolute Gasteiger partial charge is 0.370 e. The van der Waals surface area contributed by atoms with Gasteiger partial charge in [0.25, 0.3) is 0 Å². The van der Waals surface area contributed by atoms with Crippen molar-refractivity contribution in [3.8, 4) is 0 Å². The highest BCUT2D eigenvalue weighted by Gasteiger charge is 2.18. The van der Waals surface area contributed by atoms with Crippen molar-refractivity contribution in [1.82, 2.24) is 10.2 Å². The van der Waals surface area contributed by atoms with Crippen molar-refractivity contribution in [1.29, 1.82) is 0 Å². The summed E-state index contributed by atoms with van der Waals surface area (Å²) in [6.07, 6.45) is 11.8. The molecule has 21 heavy (non-hydrogen) atoms. The lowest BCUT2D eigenvalue weighted by molar-refractivity contribution is 0.188. The van der Waals surface area contributed by atoms with E-state index in [1.165, 1.54) is 77.4 Å². The van der Waals surface area contributed by atoms with E-state index in [2.05, 4.69) is 22.1 Å². The molecule has 0 unspecified atom stereocenters. The molecule has 0 amide bonds. The van der Waals surface area contributed by atoms with Gasteiger partial charge < -0.3 is 16.0 Å². The first kappa shape index (κ1) is 16.6. The van der Waals surface area contributed by atoms with Crippen molar-refractivity contribution < 1.29 is 0 Å². The summed E-state index contributed by atoms with van der Waals surface area (Å²) in [7, 11) is 0. The van der Waals surface area contributed by atoms with E-state index in [0.29, 0.717) is 12.0 Å². The third kappa shape index (κ3) is 6.25. The van der Waals surface area contributed by atoms with Crippen LogP contribution in [-0.4, -0.2) is 43.1 Å². The molecule has 1 saturated carbocycles. The number of hydrogen-bond acceptors (Lipinski definition) is 2. The lowest BCUT2D eigenvalue weighted by atomic mass is 9.97. The number of nitrogens with one attached hydrogen (secondary N) is 1. The minimum absolute atomic E-state index is 0.558. The Morgan fingerprint density at radius 2 is 1.76 bits per heavy atom. The Morgan fingerprint density at radius 1 is 1.10 bits per heavy atom. The normalized spacial score (nSPS) is 24.0. The van der Waals surface area contributed by atoms with Gasteiger partial charge in [0.15, 0.2) is 5.96 Å². The summed E-state index contributed by atoms with van der Waals surface area (Å²) >= 11 is 0. The number of likely N-dealkylation sites (tertiary alicyclic amines) is 1. The average Bonchev–Trinajstić information content (AvgIpc) is 2.75. The van der Waals surface area contributed by atoms with Gasteiger partial charge in [-0.25, -0.2) is 0 Å². The number of nitrogens with two attached hydrogens (primary N) is 1. The van der Waals surface area contributed by atoms with Gasteiger partial charge in [0.1, 0.15) is 0 Å². The fourth-order valence-electron chi connectivity index (χ4n) is 3.61. The van der Waals surface area contributed by atoms with Crippen LogP contribution in [0.2, 0.25) is 0 Å². The highest BCUT2D eigenvalue weighted by Crippen LogP contribution is 2.18. The number of hydrogen-bond donors (Lipinski definition) is 2. The van der Waals surface area contributed by atoms with Crippen LogP contribution >= 0.6 is 0 Å². The fourth-order valence-corrected chi connectivity index (χ4v) is 3.61. The zero-order chi connectivity index (χ0) is 14.9. The van der Waals surface area contributed by atoms with Crippen molar-refractivity contribution in [2.75, 3.05) is 26.2 Å². The van der Waals surface area contributed by atoms with Gasteiger partial charge in [0.2, 0.25) is 0 Å². The molecule has 122 valence electrons. The lowest BCUT2D eigenvalue weighted by Gasteiger charge is -2.31. The van der Waals surface area contributed by atoms with E-state index in [4.69, 9.17) is 5.73 Å². The molecule has 0 spiro atoms. The van der Waals surface area contributed by atoms with Crippen LogP contribution in [0.15, 0.2) is 4.99 Å². The van der Waals surface area contributed by atoms with Crippen LogP contribution in [0.1, 0.15) is 64.7 Å². The second kappa shape index (κ2) is 9.29. The maximum absolute atomic E-state index is 6.08. The van der Waals surface area contributed by atoms with Gasteiger partial charge in [-0.1, -0.05) is 32.6 Å². The summed E-state index contributed by atoms with van der Waals surface area (Å²) in [5.41, 5.74) is 6.08. The molecule has 1 heterocycles. The Morgan fingerprint density at radius 3 is 2.38 bits per heavy atom. The number of nitrogens with zero attached hydrogens (tertiary/aromatic N) is 2. The van der Waals surface area contributed by atoms with Crippen LogP contribution in [0.3, 0.4) is 0 Å². The summed E-state index contributed by atoms with van der Waals surface area (Å²) in [4.78, 5) is 7.19. The molecule has 1 saturated heterocycles. The van der Waals surface area contributed by atoms with Gasteiger partial charge in [0.05, 0.1) is 0 Å². The van der Waals surface area contributed by atoms with Crippen molar-refractivity contribution in [3.63, 3.8) is 0 Å². The quantitative estimate of drug-likeness (QED) is 0.466. The molecule has 1 aliphatic heterocycles. The molecule has 0 radical (unpaired) electrons. The van der Waals surface area contributed by atoms with E-state index in [1.54, 1.807) is 0 Å².